The van der Waals surface area contributed by atoms with Gasteiger partial charge >= 0.3 is 0 Å². The summed E-state index contributed by atoms with van der Waals surface area (Å²) in [7, 11) is 0. The monoisotopic (exact) mass is 245 g/mol. The summed E-state index contributed by atoms with van der Waals surface area (Å²) in [6, 6.07) is 3.06. The molecule has 0 saturated carbocycles. The molecule has 1 rings (SSSR count). The van der Waals surface area contributed by atoms with Crippen LogP contribution in [0.15, 0.2) is 18.2 Å². The first-order valence-electron chi connectivity index (χ1n) is 5.33. The van der Waals surface area contributed by atoms with E-state index in [1.165, 1.54) is 6.07 Å². The van der Waals surface area contributed by atoms with Gasteiger partial charge in [0.15, 0.2) is 0 Å². The van der Waals surface area contributed by atoms with E-state index in [1.807, 2.05) is 20.8 Å². The summed E-state index contributed by atoms with van der Waals surface area (Å²) in [4.78, 5) is 5.18. The van der Waals surface area contributed by atoms with E-state index in [9.17, 15) is 13.9 Å². The standard InChI is InChI=1S/C12H17F2NO2/c1-12(2,3)17-15-7-11(16)9-5-4-8(13)6-10(9)14/h4-6,11,15-16H,7H2,1-3H3. The first kappa shape index (κ1) is 14.0. The SMILES string of the molecule is CC(C)(C)ONCC(O)c1ccc(F)cc1F. The Hall–Kier alpha value is -1.04. The Kier molecular flexibility index (Phi) is 4.56. The molecule has 5 heteroatoms. The average molecular weight is 245 g/mol. The molecule has 0 aliphatic carbocycles. The minimum atomic E-state index is -1.09. The largest absolute Gasteiger partial charge is 0.387 e. The maximum atomic E-state index is 13.3. The van der Waals surface area contributed by atoms with Crippen LogP contribution in [0.4, 0.5) is 8.78 Å². The number of aliphatic hydroxyl groups excluding tert-OH is 1. The van der Waals surface area contributed by atoms with Gasteiger partial charge in [-0.3, -0.25) is 4.84 Å². The Labute approximate surface area is 99.4 Å². The van der Waals surface area contributed by atoms with Gasteiger partial charge < -0.3 is 5.11 Å². The minimum absolute atomic E-state index is 0.0276. The number of aliphatic hydroxyl groups is 1. The predicted octanol–water partition coefficient (Wildman–Crippen LogP) is 2.32. The van der Waals surface area contributed by atoms with Gasteiger partial charge in [0.1, 0.15) is 11.6 Å². The number of halogens is 2. The van der Waals surface area contributed by atoms with Crippen LogP contribution < -0.4 is 5.48 Å². The number of benzene rings is 1. The summed E-state index contributed by atoms with van der Waals surface area (Å²) >= 11 is 0. The van der Waals surface area contributed by atoms with Crippen LogP contribution in [0.1, 0.15) is 32.4 Å². The van der Waals surface area contributed by atoms with Crippen LogP contribution in [0.5, 0.6) is 0 Å². The number of hydroxylamine groups is 1. The molecule has 1 aromatic rings. The Morgan fingerprint density at radius 3 is 2.53 bits per heavy atom. The van der Waals surface area contributed by atoms with Crippen LogP contribution in [0, 0.1) is 11.6 Å². The van der Waals surface area contributed by atoms with E-state index < -0.39 is 23.3 Å². The maximum absolute atomic E-state index is 13.3. The molecule has 0 heterocycles. The van der Waals surface area contributed by atoms with Crippen LogP contribution in [0.25, 0.3) is 0 Å². The van der Waals surface area contributed by atoms with Crippen LogP contribution in [0.2, 0.25) is 0 Å². The Morgan fingerprint density at radius 1 is 1.35 bits per heavy atom. The van der Waals surface area contributed by atoms with Crippen molar-refractivity contribution in [3.05, 3.63) is 35.4 Å². The molecule has 0 fully saturated rings. The summed E-state index contributed by atoms with van der Waals surface area (Å²) in [6.45, 7) is 5.54. The molecule has 2 N–H and O–H groups in total. The molecule has 1 unspecified atom stereocenters. The molecule has 96 valence electrons. The third-order valence-corrected chi connectivity index (χ3v) is 1.98. The van der Waals surface area contributed by atoms with E-state index in [-0.39, 0.29) is 12.1 Å². The van der Waals surface area contributed by atoms with Gasteiger partial charge in [-0.25, -0.2) is 8.78 Å². The molecule has 0 aromatic heterocycles. The molecule has 0 bridgehead atoms. The van der Waals surface area contributed by atoms with Gasteiger partial charge in [0.2, 0.25) is 0 Å². The van der Waals surface area contributed by atoms with Gasteiger partial charge in [0, 0.05) is 11.6 Å². The number of hydrogen-bond acceptors (Lipinski definition) is 3. The summed E-state index contributed by atoms with van der Waals surface area (Å²) in [5, 5.41) is 9.68. The van der Waals surface area contributed by atoms with Crippen molar-refractivity contribution in [2.45, 2.75) is 32.5 Å². The molecule has 0 saturated heterocycles. The van der Waals surface area contributed by atoms with Crippen molar-refractivity contribution in [1.29, 1.82) is 0 Å². The molecule has 0 radical (unpaired) electrons. The molecular weight excluding hydrogens is 228 g/mol. The first-order valence-corrected chi connectivity index (χ1v) is 5.33. The van der Waals surface area contributed by atoms with E-state index in [1.54, 1.807) is 0 Å². The third-order valence-electron chi connectivity index (χ3n) is 1.98. The third kappa shape index (κ3) is 4.77. The first-order chi connectivity index (χ1) is 7.79. The summed E-state index contributed by atoms with van der Waals surface area (Å²) in [5.41, 5.74) is 2.19. The van der Waals surface area contributed by atoms with Crippen molar-refractivity contribution in [1.82, 2.24) is 5.48 Å². The van der Waals surface area contributed by atoms with Crippen LogP contribution in [-0.4, -0.2) is 17.3 Å². The fraction of sp³-hybridized carbons (Fsp3) is 0.500. The molecule has 3 nitrogen and oxygen atoms in total. The van der Waals surface area contributed by atoms with E-state index in [0.29, 0.717) is 0 Å². The highest BCUT2D eigenvalue weighted by molar-refractivity contribution is 5.21. The van der Waals surface area contributed by atoms with Crippen molar-refractivity contribution < 1.29 is 18.7 Å². The quantitative estimate of drug-likeness (QED) is 0.800. The van der Waals surface area contributed by atoms with Crippen molar-refractivity contribution >= 4 is 0 Å². The molecule has 1 atom stereocenters. The van der Waals surface area contributed by atoms with E-state index in [0.717, 1.165) is 12.1 Å². The van der Waals surface area contributed by atoms with Crippen LogP contribution in [-0.2, 0) is 4.84 Å². The normalized spacial score (nSPS) is 13.8. The Bertz CT molecular complexity index is 377. The molecular formula is C12H17F2NO2. The topological polar surface area (TPSA) is 41.5 Å². The molecule has 0 aliphatic rings. The van der Waals surface area contributed by atoms with Gasteiger partial charge in [0.25, 0.3) is 0 Å². The minimum Gasteiger partial charge on any atom is -0.387 e. The average Bonchev–Trinajstić information content (AvgIpc) is 2.15. The highest BCUT2D eigenvalue weighted by Gasteiger charge is 2.15. The van der Waals surface area contributed by atoms with Gasteiger partial charge in [-0.05, 0) is 26.8 Å². The molecule has 0 aliphatic heterocycles. The maximum Gasteiger partial charge on any atom is 0.131 e. The number of rotatable bonds is 4. The molecule has 1 aromatic carbocycles. The zero-order valence-electron chi connectivity index (χ0n) is 10.1. The van der Waals surface area contributed by atoms with E-state index in [4.69, 9.17) is 4.84 Å². The lowest BCUT2D eigenvalue weighted by molar-refractivity contribution is -0.0836. The van der Waals surface area contributed by atoms with Gasteiger partial charge in [0.05, 0.1) is 18.2 Å². The van der Waals surface area contributed by atoms with Crippen molar-refractivity contribution in [3.8, 4) is 0 Å². The summed E-state index contributed by atoms with van der Waals surface area (Å²) in [5.74, 6) is -1.44. The second-order valence-corrected chi connectivity index (χ2v) is 4.74. The molecule has 0 spiro atoms. The van der Waals surface area contributed by atoms with E-state index in [2.05, 4.69) is 5.48 Å². The van der Waals surface area contributed by atoms with E-state index >= 15 is 0 Å². The highest BCUT2D eigenvalue weighted by Crippen LogP contribution is 2.17. The smallest absolute Gasteiger partial charge is 0.131 e. The highest BCUT2D eigenvalue weighted by atomic mass is 19.1. The summed E-state index contributed by atoms with van der Waals surface area (Å²) in [6.07, 6.45) is -1.09. The zero-order valence-corrected chi connectivity index (χ0v) is 10.1. The van der Waals surface area contributed by atoms with Gasteiger partial charge in [-0.2, -0.15) is 5.48 Å². The predicted molar refractivity (Wildman–Crippen MR) is 60.2 cm³/mol. The Balaban J connectivity index is 2.55. The van der Waals surface area contributed by atoms with Crippen molar-refractivity contribution in [2.24, 2.45) is 0 Å². The number of hydrogen-bond donors (Lipinski definition) is 2. The second-order valence-electron chi connectivity index (χ2n) is 4.74. The molecule has 17 heavy (non-hydrogen) atoms. The lowest BCUT2D eigenvalue weighted by Crippen LogP contribution is -2.32. The fourth-order valence-electron chi connectivity index (χ4n) is 1.22. The van der Waals surface area contributed by atoms with Crippen LogP contribution >= 0.6 is 0 Å². The fourth-order valence-corrected chi connectivity index (χ4v) is 1.22. The van der Waals surface area contributed by atoms with Crippen molar-refractivity contribution in [2.75, 3.05) is 6.54 Å². The lowest BCUT2D eigenvalue weighted by atomic mass is 10.1. The lowest BCUT2D eigenvalue weighted by Gasteiger charge is -2.21. The molecule has 0 amide bonds. The summed E-state index contributed by atoms with van der Waals surface area (Å²) < 4.78 is 26.0. The van der Waals surface area contributed by atoms with Crippen molar-refractivity contribution in [3.63, 3.8) is 0 Å². The second kappa shape index (κ2) is 5.53. The van der Waals surface area contributed by atoms with Gasteiger partial charge in [-0.15, -0.1) is 0 Å². The Morgan fingerprint density at radius 2 is 2.00 bits per heavy atom. The number of nitrogens with one attached hydrogen (secondary N) is 1. The van der Waals surface area contributed by atoms with Gasteiger partial charge in [-0.1, -0.05) is 6.07 Å². The zero-order chi connectivity index (χ0) is 13.1. The van der Waals surface area contributed by atoms with Crippen LogP contribution in [0.3, 0.4) is 0 Å².